The van der Waals surface area contributed by atoms with Gasteiger partial charge in [-0.25, -0.2) is 4.79 Å². The molecule has 1 aliphatic carbocycles. The van der Waals surface area contributed by atoms with Crippen LogP contribution in [0.5, 0.6) is 0 Å². The average Bonchev–Trinajstić information content (AvgIpc) is 2.32. The first-order valence-electron chi connectivity index (χ1n) is 7.56. The summed E-state index contributed by atoms with van der Waals surface area (Å²) in [6, 6.07) is 0.242. The van der Waals surface area contributed by atoms with Crippen molar-refractivity contribution in [3.05, 3.63) is 0 Å². The first-order valence-corrected chi connectivity index (χ1v) is 7.56. The first kappa shape index (κ1) is 14.6. The first-order chi connectivity index (χ1) is 8.82. The Balaban J connectivity index is 2.02. The Morgan fingerprint density at radius 3 is 2.47 bits per heavy atom. The summed E-state index contributed by atoms with van der Waals surface area (Å²) in [6.45, 7) is 7.26. The molecule has 1 heterocycles. The summed E-state index contributed by atoms with van der Waals surface area (Å²) < 4.78 is 5.49. The lowest BCUT2D eigenvalue weighted by molar-refractivity contribution is -0.00993. The molecule has 1 spiro atoms. The fraction of sp³-hybridized carbons (Fsp3) is 0.933. The second-order valence-electron chi connectivity index (χ2n) is 7.22. The number of nitrogens with two attached hydrogens (primary N) is 1. The minimum Gasteiger partial charge on any atom is -0.444 e. The zero-order chi connectivity index (χ0) is 14.1. The third kappa shape index (κ3) is 3.41. The molecule has 0 radical (unpaired) electrons. The minimum atomic E-state index is -0.420. The Morgan fingerprint density at radius 1 is 1.26 bits per heavy atom. The molecule has 0 aromatic rings. The van der Waals surface area contributed by atoms with Gasteiger partial charge in [0.05, 0.1) is 0 Å². The number of carbonyl (C=O) groups is 1. The molecule has 2 aliphatic rings. The van der Waals surface area contributed by atoms with Crippen molar-refractivity contribution < 1.29 is 9.53 Å². The van der Waals surface area contributed by atoms with Gasteiger partial charge in [-0.15, -0.1) is 0 Å². The predicted octanol–water partition coefficient (Wildman–Crippen LogP) is 2.91. The zero-order valence-electron chi connectivity index (χ0n) is 12.6. The molecule has 0 aromatic heterocycles. The van der Waals surface area contributed by atoms with E-state index in [-0.39, 0.29) is 17.6 Å². The van der Waals surface area contributed by atoms with Crippen molar-refractivity contribution in [1.82, 2.24) is 4.90 Å². The summed E-state index contributed by atoms with van der Waals surface area (Å²) in [4.78, 5) is 14.1. The monoisotopic (exact) mass is 268 g/mol. The van der Waals surface area contributed by atoms with Gasteiger partial charge < -0.3 is 15.4 Å². The van der Waals surface area contributed by atoms with E-state index in [0.717, 1.165) is 32.4 Å². The van der Waals surface area contributed by atoms with Crippen LogP contribution in [0.25, 0.3) is 0 Å². The molecule has 1 aliphatic heterocycles. The number of nitrogens with zero attached hydrogens (tertiary/aromatic N) is 1. The molecule has 4 nitrogen and oxygen atoms in total. The number of likely N-dealkylation sites (tertiary alicyclic amines) is 1. The molecule has 2 fully saturated rings. The van der Waals surface area contributed by atoms with Gasteiger partial charge in [-0.1, -0.05) is 19.3 Å². The molecule has 4 heteroatoms. The van der Waals surface area contributed by atoms with Gasteiger partial charge in [-0.3, -0.25) is 0 Å². The maximum absolute atomic E-state index is 12.2. The van der Waals surface area contributed by atoms with Gasteiger partial charge in [0.1, 0.15) is 5.60 Å². The van der Waals surface area contributed by atoms with Gasteiger partial charge >= 0.3 is 6.09 Å². The van der Waals surface area contributed by atoms with E-state index in [2.05, 4.69) is 0 Å². The largest absolute Gasteiger partial charge is 0.444 e. The van der Waals surface area contributed by atoms with Crippen LogP contribution in [0.15, 0.2) is 0 Å². The minimum absolute atomic E-state index is 0.146. The van der Waals surface area contributed by atoms with E-state index in [4.69, 9.17) is 10.5 Å². The highest BCUT2D eigenvalue weighted by Crippen LogP contribution is 2.42. The van der Waals surface area contributed by atoms with Gasteiger partial charge in [0.15, 0.2) is 0 Å². The molecule has 0 bridgehead atoms. The number of hydrogen-bond donors (Lipinski definition) is 1. The van der Waals surface area contributed by atoms with E-state index in [0.29, 0.717) is 0 Å². The van der Waals surface area contributed by atoms with Gasteiger partial charge in [0, 0.05) is 24.5 Å². The average molecular weight is 268 g/mol. The van der Waals surface area contributed by atoms with Crippen molar-refractivity contribution in [3.8, 4) is 0 Å². The molecule has 1 saturated heterocycles. The molecule has 1 saturated carbocycles. The van der Waals surface area contributed by atoms with Gasteiger partial charge in [-0.05, 0) is 40.0 Å². The number of hydrogen-bond acceptors (Lipinski definition) is 3. The number of carbonyl (C=O) groups excluding carboxylic acids is 1. The third-order valence-electron chi connectivity index (χ3n) is 4.50. The van der Waals surface area contributed by atoms with Crippen molar-refractivity contribution in [2.75, 3.05) is 13.1 Å². The van der Waals surface area contributed by atoms with Gasteiger partial charge in [-0.2, -0.15) is 0 Å². The van der Waals surface area contributed by atoms with Gasteiger partial charge in [0.25, 0.3) is 0 Å². The fourth-order valence-corrected chi connectivity index (χ4v) is 3.44. The molecule has 110 valence electrons. The fourth-order valence-electron chi connectivity index (χ4n) is 3.44. The van der Waals surface area contributed by atoms with Gasteiger partial charge in [0.2, 0.25) is 0 Å². The predicted molar refractivity (Wildman–Crippen MR) is 75.9 cm³/mol. The summed E-state index contributed by atoms with van der Waals surface area (Å²) in [5.41, 5.74) is 6.08. The van der Waals surface area contributed by atoms with E-state index < -0.39 is 5.60 Å². The number of ether oxygens (including phenoxy) is 1. The van der Waals surface area contributed by atoms with Crippen molar-refractivity contribution in [3.63, 3.8) is 0 Å². The lowest BCUT2D eigenvalue weighted by Crippen LogP contribution is -2.57. The molecular formula is C15H28N2O2. The van der Waals surface area contributed by atoms with Crippen LogP contribution in [0.3, 0.4) is 0 Å². The molecule has 0 aromatic carbocycles. The Labute approximate surface area is 116 Å². The van der Waals surface area contributed by atoms with E-state index in [1.54, 1.807) is 0 Å². The van der Waals surface area contributed by atoms with E-state index >= 15 is 0 Å². The van der Waals surface area contributed by atoms with Crippen molar-refractivity contribution >= 4 is 6.09 Å². The van der Waals surface area contributed by atoms with E-state index in [1.165, 1.54) is 19.3 Å². The lowest BCUT2D eigenvalue weighted by atomic mass is 9.66. The number of piperidine rings is 1. The summed E-state index contributed by atoms with van der Waals surface area (Å²) in [5, 5.41) is 0. The summed E-state index contributed by atoms with van der Waals surface area (Å²) in [7, 11) is 0. The van der Waals surface area contributed by atoms with Crippen molar-refractivity contribution in [2.45, 2.75) is 70.9 Å². The quantitative estimate of drug-likeness (QED) is 0.735. The van der Waals surface area contributed by atoms with Crippen molar-refractivity contribution in [1.29, 1.82) is 0 Å². The van der Waals surface area contributed by atoms with Crippen LogP contribution in [0.4, 0.5) is 4.79 Å². The highest BCUT2D eigenvalue weighted by atomic mass is 16.6. The molecule has 1 atom stereocenters. The molecule has 1 unspecified atom stereocenters. The second-order valence-corrected chi connectivity index (χ2v) is 7.22. The van der Waals surface area contributed by atoms with Crippen molar-refractivity contribution in [2.24, 2.45) is 11.1 Å². The SMILES string of the molecule is CC(C)(C)OC(=O)N1CCC(N)C2(CCCCC2)C1. The summed E-state index contributed by atoms with van der Waals surface area (Å²) in [5.74, 6) is 0. The van der Waals surface area contributed by atoms with Crippen LogP contribution < -0.4 is 5.73 Å². The van der Waals surface area contributed by atoms with Crippen LogP contribution in [-0.4, -0.2) is 35.7 Å². The maximum atomic E-state index is 12.2. The molecule has 19 heavy (non-hydrogen) atoms. The maximum Gasteiger partial charge on any atom is 0.410 e. The molecule has 2 rings (SSSR count). The van der Waals surface area contributed by atoms with Crippen LogP contribution in [0, 0.1) is 5.41 Å². The van der Waals surface area contributed by atoms with Crippen LogP contribution >= 0.6 is 0 Å². The second kappa shape index (κ2) is 5.31. The van der Waals surface area contributed by atoms with Crippen LogP contribution in [0.2, 0.25) is 0 Å². The summed E-state index contributed by atoms with van der Waals surface area (Å²) in [6.07, 6.45) is 6.84. The Morgan fingerprint density at radius 2 is 1.89 bits per heavy atom. The highest BCUT2D eigenvalue weighted by Gasteiger charge is 2.44. The standard InChI is InChI=1S/C15H28N2O2/c1-14(2,3)19-13(18)17-10-7-12(16)15(11-17)8-5-4-6-9-15/h12H,4-11,16H2,1-3H3. The van der Waals surface area contributed by atoms with E-state index in [9.17, 15) is 4.79 Å². The Kier molecular flexibility index (Phi) is 4.09. The highest BCUT2D eigenvalue weighted by molar-refractivity contribution is 5.68. The molecule has 1 amide bonds. The smallest absolute Gasteiger partial charge is 0.410 e. The van der Waals surface area contributed by atoms with Crippen LogP contribution in [-0.2, 0) is 4.74 Å². The zero-order valence-corrected chi connectivity index (χ0v) is 12.6. The topological polar surface area (TPSA) is 55.6 Å². The lowest BCUT2D eigenvalue weighted by Gasteiger charge is -2.49. The number of amides is 1. The third-order valence-corrected chi connectivity index (χ3v) is 4.50. The molecular weight excluding hydrogens is 240 g/mol. The number of rotatable bonds is 0. The normalized spacial score (nSPS) is 27.4. The molecule has 2 N–H and O–H groups in total. The van der Waals surface area contributed by atoms with E-state index in [1.807, 2.05) is 25.7 Å². The Hall–Kier alpha value is -0.770. The van der Waals surface area contributed by atoms with Crippen LogP contribution in [0.1, 0.15) is 59.3 Å². The Bertz CT molecular complexity index is 330. The summed E-state index contributed by atoms with van der Waals surface area (Å²) >= 11 is 0.